The smallest absolute Gasteiger partial charge is 0.0142 e. The van der Waals surface area contributed by atoms with E-state index in [1.807, 2.05) is 0 Å². The van der Waals surface area contributed by atoms with E-state index >= 15 is 0 Å². The number of aryl methyl sites for hydroxylation is 2. The lowest BCUT2D eigenvalue weighted by molar-refractivity contribution is 0.821. The summed E-state index contributed by atoms with van der Waals surface area (Å²) >= 11 is 0. The maximum absolute atomic E-state index is 2.30. The van der Waals surface area contributed by atoms with E-state index in [1.165, 1.54) is 38.9 Å². The Bertz CT molecular complexity index is 797. The highest BCUT2D eigenvalue weighted by Gasteiger charge is 2.28. The summed E-state index contributed by atoms with van der Waals surface area (Å²) < 4.78 is 0. The van der Waals surface area contributed by atoms with Crippen LogP contribution >= 0.6 is 0 Å². The second-order valence-electron chi connectivity index (χ2n) is 6.36. The van der Waals surface area contributed by atoms with E-state index < -0.39 is 0 Å². The summed E-state index contributed by atoms with van der Waals surface area (Å²) in [5, 5.41) is 0. The predicted octanol–water partition coefficient (Wildman–Crippen LogP) is 5.66. The van der Waals surface area contributed by atoms with E-state index in [0.29, 0.717) is 5.92 Å². The highest BCUT2D eigenvalue weighted by atomic mass is 14.3. The molecule has 3 aromatic carbocycles. The van der Waals surface area contributed by atoms with Crippen LogP contribution in [0.15, 0.2) is 66.7 Å². The molecular formula is C22H20. The zero-order chi connectivity index (χ0) is 15.1. The standard InChI is InChI=1S/C22H20/c1-15-11-12-17(16(2)13-15)14-22-20-9-5-3-7-18(20)19-8-4-6-10-21(19)22/h3-13,22H,14H2,1-2H3. The zero-order valence-electron chi connectivity index (χ0n) is 13.1. The second kappa shape index (κ2) is 5.14. The monoisotopic (exact) mass is 284 g/mol. The molecule has 0 heterocycles. The highest BCUT2D eigenvalue weighted by molar-refractivity contribution is 5.78. The van der Waals surface area contributed by atoms with Gasteiger partial charge in [-0.1, -0.05) is 72.3 Å². The van der Waals surface area contributed by atoms with Crippen molar-refractivity contribution in [3.8, 4) is 11.1 Å². The Hall–Kier alpha value is -2.34. The molecule has 1 aliphatic carbocycles. The fraction of sp³-hybridized carbons (Fsp3) is 0.182. The molecule has 0 nitrogen and oxygen atoms in total. The van der Waals surface area contributed by atoms with Gasteiger partial charge in [-0.25, -0.2) is 0 Å². The number of hydrogen-bond acceptors (Lipinski definition) is 0. The molecule has 4 rings (SSSR count). The van der Waals surface area contributed by atoms with Crippen molar-refractivity contribution in [3.05, 3.63) is 94.5 Å². The largest absolute Gasteiger partial charge is 0.0619 e. The Morgan fingerprint density at radius 3 is 1.91 bits per heavy atom. The molecule has 0 unspecified atom stereocenters. The molecule has 0 aromatic heterocycles. The fourth-order valence-electron chi connectivity index (χ4n) is 3.77. The Labute approximate surface area is 132 Å². The van der Waals surface area contributed by atoms with Crippen molar-refractivity contribution in [1.29, 1.82) is 0 Å². The molecule has 108 valence electrons. The number of benzene rings is 3. The lowest BCUT2D eigenvalue weighted by Gasteiger charge is -2.16. The van der Waals surface area contributed by atoms with Crippen LogP contribution in [-0.4, -0.2) is 0 Å². The maximum atomic E-state index is 2.30. The molecule has 0 saturated heterocycles. The minimum atomic E-state index is 0.480. The molecule has 0 saturated carbocycles. The zero-order valence-corrected chi connectivity index (χ0v) is 13.1. The summed E-state index contributed by atoms with van der Waals surface area (Å²) in [4.78, 5) is 0. The third-order valence-corrected chi connectivity index (χ3v) is 4.88. The van der Waals surface area contributed by atoms with Crippen molar-refractivity contribution in [2.24, 2.45) is 0 Å². The summed E-state index contributed by atoms with van der Waals surface area (Å²) in [5.74, 6) is 0.480. The normalized spacial score (nSPS) is 13.0. The third kappa shape index (κ3) is 2.07. The summed E-state index contributed by atoms with van der Waals surface area (Å²) in [7, 11) is 0. The van der Waals surface area contributed by atoms with E-state index in [2.05, 4.69) is 80.6 Å². The average Bonchev–Trinajstić information content (AvgIpc) is 2.85. The average molecular weight is 284 g/mol. The first kappa shape index (κ1) is 13.3. The molecular weight excluding hydrogens is 264 g/mol. The van der Waals surface area contributed by atoms with Crippen LogP contribution in [0.25, 0.3) is 11.1 Å². The van der Waals surface area contributed by atoms with E-state index in [9.17, 15) is 0 Å². The van der Waals surface area contributed by atoms with Gasteiger partial charge in [0.2, 0.25) is 0 Å². The number of rotatable bonds is 2. The Kier molecular flexibility index (Phi) is 3.11. The summed E-state index contributed by atoms with van der Waals surface area (Å²) in [6, 6.07) is 24.6. The van der Waals surface area contributed by atoms with Crippen LogP contribution in [0.3, 0.4) is 0 Å². The first-order valence-electron chi connectivity index (χ1n) is 7.98. The fourth-order valence-corrected chi connectivity index (χ4v) is 3.77. The number of fused-ring (bicyclic) bond motifs is 3. The van der Waals surface area contributed by atoms with Crippen molar-refractivity contribution in [2.75, 3.05) is 0 Å². The van der Waals surface area contributed by atoms with Crippen molar-refractivity contribution in [3.63, 3.8) is 0 Å². The van der Waals surface area contributed by atoms with Crippen LogP contribution in [0.1, 0.15) is 33.7 Å². The Balaban J connectivity index is 1.81. The lowest BCUT2D eigenvalue weighted by Crippen LogP contribution is -2.03. The SMILES string of the molecule is Cc1ccc(CC2c3ccccc3-c3ccccc32)c(C)c1. The van der Waals surface area contributed by atoms with Crippen LogP contribution < -0.4 is 0 Å². The minimum Gasteiger partial charge on any atom is -0.0619 e. The van der Waals surface area contributed by atoms with Crippen LogP contribution in [-0.2, 0) is 6.42 Å². The highest BCUT2D eigenvalue weighted by Crippen LogP contribution is 2.46. The minimum absolute atomic E-state index is 0.480. The predicted molar refractivity (Wildman–Crippen MR) is 93.3 cm³/mol. The second-order valence-corrected chi connectivity index (χ2v) is 6.36. The summed E-state index contributed by atoms with van der Waals surface area (Å²) in [6.45, 7) is 4.39. The molecule has 0 atom stereocenters. The molecule has 0 fully saturated rings. The molecule has 0 amide bonds. The first-order valence-corrected chi connectivity index (χ1v) is 7.98. The van der Waals surface area contributed by atoms with E-state index in [1.54, 1.807) is 0 Å². The van der Waals surface area contributed by atoms with Gasteiger partial charge in [0.05, 0.1) is 0 Å². The topological polar surface area (TPSA) is 0 Å². The van der Waals surface area contributed by atoms with Gasteiger partial charge in [0.15, 0.2) is 0 Å². The molecule has 0 bridgehead atoms. The van der Waals surface area contributed by atoms with Crippen molar-refractivity contribution >= 4 is 0 Å². The van der Waals surface area contributed by atoms with Crippen LogP contribution in [0.5, 0.6) is 0 Å². The van der Waals surface area contributed by atoms with Gasteiger partial charge in [-0.15, -0.1) is 0 Å². The van der Waals surface area contributed by atoms with E-state index in [0.717, 1.165) is 6.42 Å². The quantitative estimate of drug-likeness (QED) is 0.569. The van der Waals surface area contributed by atoms with Gasteiger partial charge >= 0.3 is 0 Å². The molecule has 0 spiro atoms. The van der Waals surface area contributed by atoms with Gasteiger partial charge in [0.25, 0.3) is 0 Å². The van der Waals surface area contributed by atoms with Crippen molar-refractivity contribution in [2.45, 2.75) is 26.2 Å². The van der Waals surface area contributed by atoms with Crippen LogP contribution in [0, 0.1) is 13.8 Å². The van der Waals surface area contributed by atoms with E-state index in [-0.39, 0.29) is 0 Å². The van der Waals surface area contributed by atoms with Crippen LogP contribution in [0.2, 0.25) is 0 Å². The summed E-state index contributed by atoms with van der Waals surface area (Å²) in [5.41, 5.74) is 9.98. The Morgan fingerprint density at radius 2 is 1.32 bits per heavy atom. The van der Waals surface area contributed by atoms with Crippen molar-refractivity contribution in [1.82, 2.24) is 0 Å². The van der Waals surface area contributed by atoms with Gasteiger partial charge in [0.1, 0.15) is 0 Å². The lowest BCUT2D eigenvalue weighted by atomic mass is 9.88. The van der Waals surface area contributed by atoms with Gasteiger partial charge in [-0.3, -0.25) is 0 Å². The molecule has 22 heavy (non-hydrogen) atoms. The molecule has 0 aliphatic heterocycles. The third-order valence-electron chi connectivity index (χ3n) is 4.88. The van der Waals surface area contributed by atoms with E-state index in [4.69, 9.17) is 0 Å². The molecule has 0 N–H and O–H groups in total. The molecule has 0 radical (unpaired) electrons. The van der Waals surface area contributed by atoms with Crippen LogP contribution in [0.4, 0.5) is 0 Å². The van der Waals surface area contributed by atoms with Gasteiger partial charge in [-0.2, -0.15) is 0 Å². The Morgan fingerprint density at radius 1 is 0.727 bits per heavy atom. The molecule has 3 aromatic rings. The molecule has 1 aliphatic rings. The summed E-state index contributed by atoms with van der Waals surface area (Å²) in [6.07, 6.45) is 1.08. The van der Waals surface area contributed by atoms with Crippen molar-refractivity contribution < 1.29 is 0 Å². The first-order chi connectivity index (χ1) is 10.7. The maximum Gasteiger partial charge on any atom is 0.0142 e. The van der Waals surface area contributed by atoms with Gasteiger partial charge in [0, 0.05) is 5.92 Å². The van der Waals surface area contributed by atoms with Gasteiger partial charge in [-0.05, 0) is 53.6 Å². The number of hydrogen-bond donors (Lipinski definition) is 0. The van der Waals surface area contributed by atoms with Gasteiger partial charge < -0.3 is 0 Å². The molecule has 0 heteroatoms.